The van der Waals surface area contributed by atoms with Crippen LogP contribution in [0.5, 0.6) is 0 Å². The van der Waals surface area contributed by atoms with Gasteiger partial charge in [0.15, 0.2) is 0 Å². The zero-order valence-electron chi connectivity index (χ0n) is 20.8. The van der Waals surface area contributed by atoms with Gasteiger partial charge in [-0.3, -0.25) is 4.90 Å². The first-order valence-electron chi connectivity index (χ1n) is 12.6. The van der Waals surface area contributed by atoms with Gasteiger partial charge in [0.2, 0.25) is 10.0 Å². The molecule has 5 nitrogen and oxygen atoms in total. The van der Waals surface area contributed by atoms with Gasteiger partial charge >= 0.3 is 0 Å². The predicted molar refractivity (Wildman–Crippen MR) is 140 cm³/mol. The molecule has 2 aliphatic heterocycles. The number of fused-ring (bicyclic) bond motifs is 1. The van der Waals surface area contributed by atoms with Gasteiger partial charge in [0.1, 0.15) is 5.82 Å². The van der Waals surface area contributed by atoms with Crippen molar-refractivity contribution in [2.45, 2.75) is 49.6 Å². The molecular weight excluding hydrogens is 475 g/mol. The molecule has 2 aliphatic rings. The summed E-state index contributed by atoms with van der Waals surface area (Å²) in [7, 11) is -3.62. The number of rotatable bonds is 5. The van der Waals surface area contributed by atoms with Crippen LogP contribution in [0, 0.1) is 19.7 Å². The lowest BCUT2D eigenvalue weighted by Gasteiger charge is -2.57. The van der Waals surface area contributed by atoms with E-state index in [9.17, 15) is 17.9 Å². The van der Waals surface area contributed by atoms with Crippen molar-refractivity contribution in [2.75, 3.05) is 26.2 Å². The highest BCUT2D eigenvalue weighted by Gasteiger charge is 2.50. The second-order valence-corrected chi connectivity index (χ2v) is 11.9. The van der Waals surface area contributed by atoms with Crippen molar-refractivity contribution in [3.05, 3.63) is 89.2 Å². The third-order valence-electron chi connectivity index (χ3n) is 7.84. The highest BCUT2D eigenvalue weighted by Crippen LogP contribution is 2.43. The molecule has 0 aromatic heterocycles. The first-order chi connectivity index (χ1) is 17.3. The Hall–Kier alpha value is -2.58. The first-order valence-corrected chi connectivity index (χ1v) is 14.0. The van der Waals surface area contributed by atoms with Crippen LogP contribution in [0.3, 0.4) is 0 Å². The lowest BCUT2D eigenvalue weighted by Crippen LogP contribution is -2.67. The second-order valence-electron chi connectivity index (χ2n) is 10.00. The minimum Gasteiger partial charge on any atom is -0.395 e. The zero-order valence-corrected chi connectivity index (χ0v) is 21.6. The predicted octanol–water partition coefficient (Wildman–Crippen LogP) is 4.72. The molecule has 3 atom stereocenters. The molecule has 2 fully saturated rings. The zero-order chi connectivity index (χ0) is 25.4. The van der Waals surface area contributed by atoms with E-state index in [0.29, 0.717) is 18.0 Å². The fourth-order valence-corrected chi connectivity index (χ4v) is 7.67. The lowest BCUT2D eigenvalue weighted by atomic mass is 9.74. The molecule has 5 rings (SSSR count). The van der Waals surface area contributed by atoms with Gasteiger partial charge in [-0.1, -0.05) is 48.5 Å². The van der Waals surface area contributed by atoms with Crippen LogP contribution >= 0.6 is 0 Å². The number of halogens is 1. The Bertz CT molecular complexity index is 1340. The summed E-state index contributed by atoms with van der Waals surface area (Å²) in [6.07, 6.45) is 1.69. The van der Waals surface area contributed by atoms with Gasteiger partial charge in [0.05, 0.1) is 11.5 Å². The van der Waals surface area contributed by atoms with Crippen molar-refractivity contribution in [1.82, 2.24) is 9.21 Å². The number of nitrogens with zero attached hydrogens (tertiary/aromatic N) is 2. The van der Waals surface area contributed by atoms with Gasteiger partial charge in [0.25, 0.3) is 0 Å². The van der Waals surface area contributed by atoms with Crippen LogP contribution in [0.15, 0.2) is 71.6 Å². The van der Waals surface area contributed by atoms with E-state index in [-0.39, 0.29) is 30.4 Å². The van der Waals surface area contributed by atoms with Gasteiger partial charge < -0.3 is 5.11 Å². The van der Waals surface area contributed by atoms with Crippen LogP contribution in [0.4, 0.5) is 4.39 Å². The van der Waals surface area contributed by atoms with E-state index in [4.69, 9.17) is 0 Å². The molecule has 3 aromatic carbocycles. The number of aliphatic hydroxyl groups is 1. The second kappa shape index (κ2) is 10.1. The fraction of sp³-hybridized carbons (Fsp3) is 0.379. The molecular formula is C29H33FN2O3S. The summed E-state index contributed by atoms with van der Waals surface area (Å²) in [6, 6.07) is 20.1. The summed E-state index contributed by atoms with van der Waals surface area (Å²) < 4.78 is 42.5. The molecule has 2 saturated heterocycles. The summed E-state index contributed by atoms with van der Waals surface area (Å²) in [5.74, 6) is -0.214. The lowest BCUT2D eigenvalue weighted by molar-refractivity contribution is -0.0553. The minimum atomic E-state index is -3.62. The van der Waals surface area contributed by atoms with Crippen molar-refractivity contribution < 1.29 is 17.9 Å². The van der Waals surface area contributed by atoms with Crippen LogP contribution in [-0.4, -0.2) is 61.1 Å². The molecule has 1 N–H and O–H groups in total. The molecule has 2 unspecified atom stereocenters. The average Bonchev–Trinajstić information content (AvgIpc) is 2.83. The summed E-state index contributed by atoms with van der Waals surface area (Å²) >= 11 is 0. The summed E-state index contributed by atoms with van der Waals surface area (Å²) in [5, 5.41) is 10.2. The number of sulfonamides is 1. The fourth-order valence-electron chi connectivity index (χ4n) is 5.95. The number of aliphatic hydroxyl groups excluding tert-OH is 1. The third-order valence-corrected chi connectivity index (χ3v) is 9.86. The van der Waals surface area contributed by atoms with Crippen molar-refractivity contribution in [3.63, 3.8) is 0 Å². The number of benzene rings is 3. The molecule has 0 bridgehead atoms. The molecule has 7 heteroatoms. The number of aryl methyl sites for hydroxylation is 2. The summed E-state index contributed by atoms with van der Waals surface area (Å²) in [5.41, 5.74) is 4.71. The molecule has 2 heterocycles. The normalized spacial score (nSPS) is 23.4. The van der Waals surface area contributed by atoms with Crippen LogP contribution in [-0.2, 0) is 10.0 Å². The maximum atomic E-state index is 13.6. The topological polar surface area (TPSA) is 60.9 Å². The Kier molecular flexibility index (Phi) is 7.01. The van der Waals surface area contributed by atoms with Gasteiger partial charge in [-0.05, 0) is 79.3 Å². The maximum absolute atomic E-state index is 13.6. The molecule has 0 spiro atoms. The largest absolute Gasteiger partial charge is 0.395 e. The van der Waals surface area contributed by atoms with E-state index in [1.165, 1.54) is 12.1 Å². The van der Waals surface area contributed by atoms with Gasteiger partial charge in [-0.25, -0.2) is 12.8 Å². The highest BCUT2D eigenvalue weighted by molar-refractivity contribution is 7.89. The van der Waals surface area contributed by atoms with Crippen molar-refractivity contribution in [1.29, 1.82) is 0 Å². The van der Waals surface area contributed by atoms with Crippen LogP contribution < -0.4 is 0 Å². The van der Waals surface area contributed by atoms with Crippen LogP contribution in [0.1, 0.15) is 35.4 Å². The SMILES string of the molecule is Cc1cc(F)ccc1-c1ccc(C2C(CO)N3CCCCN(S(=O)(=O)c4ccccc4C)C[C@@H]23)cc1. The molecule has 190 valence electrons. The van der Waals surface area contributed by atoms with Gasteiger partial charge in [-0.15, -0.1) is 0 Å². The maximum Gasteiger partial charge on any atom is 0.243 e. The monoisotopic (exact) mass is 508 g/mol. The summed E-state index contributed by atoms with van der Waals surface area (Å²) in [4.78, 5) is 2.65. The molecule has 0 amide bonds. The quantitative estimate of drug-likeness (QED) is 0.542. The van der Waals surface area contributed by atoms with Crippen molar-refractivity contribution >= 4 is 10.0 Å². The number of hydrogen-bond acceptors (Lipinski definition) is 4. The third kappa shape index (κ3) is 4.50. The Morgan fingerprint density at radius 3 is 2.36 bits per heavy atom. The minimum absolute atomic E-state index is 0.000323. The van der Waals surface area contributed by atoms with E-state index < -0.39 is 10.0 Å². The first kappa shape index (κ1) is 25.1. The standard InChI is InChI=1S/C29H33FN2O3S/c1-20-7-3-4-8-28(20)36(34,35)31-15-5-6-16-32-26(18-31)29(27(32)19-33)23-11-9-22(10-12-23)25-14-13-24(30)17-21(25)2/h3-4,7-14,17,26-27,29,33H,5-6,15-16,18-19H2,1-2H3/t26-,27?,29?/m0/s1. The smallest absolute Gasteiger partial charge is 0.243 e. The number of hydrogen-bond donors (Lipinski definition) is 1. The molecule has 0 aliphatic carbocycles. The van der Waals surface area contributed by atoms with E-state index >= 15 is 0 Å². The van der Waals surface area contributed by atoms with Gasteiger partial charge in [0, 0.05) is 31.1 Å². The molecule has 0 saturated carbocycles. The average molecular weight is 509 g/mol. The van der Waals surface area contributed by atoms with Crippen LogP contribution in [0.2, 0.25) is 0 Å². The van der Waals surface area contributed by atoms with Crippen molar-refractivity contribution in [2.24, 2.45) is 0 Å². The molecule has 0 radical (unpaired) electrons. The summed E-state index contributed by atoms with van der Waals surface area (Å²) in [6.45, 7) is 5.52. The van der Waals surface area contributed by atoms with E-state index in [1.807, 2.05) is 38.1 Å². The van der Waals surface area contributed by atoms with E-state index in [1.54, 1.807) is 22.5 Å². The van der Waals surface area contributed by atoms with Gasteiger partial charge in [-0.2, -0.15) is 4.31 Å². The van der Waals surface area contributed by atoms with E-state index in [2.05, 4.69) is 17.0 Å². The Balaban J connectivity index is 1.44. The van der Waals surface area contributed by atoms with Crippen molar-refractivity contribution in [3.8, 4) is 11.1 Å². The Morgan fingerprint density at radius 2 is 1.67 bits per heavy atom. The Labute approximate surface area is 213 Å². The van der Waals surface area contributed by atoms with E-state index in [0.717, 1.165) is 47.2 Å². The molecule has 36 heavy (non-hydrogen) atoms. The Morgan fingerprint density at radius 1 is 0.944 bits per heavy atom. The van der Waals surface area contributed by atoms with Crippen LogP contribution in [0.25, 0.3) is 11.1 Å². The molecule has 3 aromatic rings. The highest BCUT2D eigenvalue weighted by atomic mass is 32.2.